The number of benzene rings is 3. The lowest BCUT2D eigenvalue weighted by Crippen LogP contribution is -2.08. The molecule has 27 heavy (non-hydrogen) atoms. The Labute approximate surface area is 159 Å². The van der Waals surface area contributed by atoms with Gasteiger partial charge >= 0.3 is 0 Å². The van der Waals surface area contributed by atoms with Crippen LogP contribution in [0.4, 0.5) is 5.69 Å². The summed E-state index contributed by atoms with van der Waals surface area (Å²) in [5.74, 6) is 0. The van der Waals surface area contributed by atoms with Gasteiger partial charge in [0, 0.05) is 30.9 Å². The zero-order valence-corrected chi connectivity index (χ0v) is 15.6. The zero-order valence-electron chi connectivity index (χ0n) is 15.6. The normalized spacial score (nSPS) is 10.7. The molecule has 134 valence electrons. The highest BCUT2D eigenvalue weighted by atomic mass is 15.4. The number of nitrogens with zero attached hydrogens (tertiary/aromatic N) is 4. The molecule has 0 aliphatic carbocycles. The molecule has 0 fully saturated rings. The van der Waals surface area contributed by atoms with Gasteiger partial charge in [0.05, 0.1) is 12.2 Å². The molecule has 0 atom stereocenters. The van der Waals surface area contributed by atoms with Gasteiger partial charge in [-0.15, -0.1) is 5.10 Å². The van der Waals surface area contributed by atoms with Crippen LogP contribution in [0.1, 0.15) is 5.56 Å². The fourth-order valence-electron chi connectivity index (χ4n) is 3.17. The molecule has 0 unspecified atom stereocenters. The number of hydrogen-bond donors (Lipinski definition) is 0. The van der Waals surface area contributed by atoms with Gasteiger partial charge in [0.1, 0.15) is 5.69 Å². The van der Waals surface area contributed by atoms with Crippen LogP contribution in [0.3, 0.4) is 0 Å². The molecule has 4 rings (SSSR count). The predicted molar refractivity (Wildman–Crippen MR) is 111 cm³/mol. The lowest BCUT2D eigenvalue weighted by Gasteiger charge is -2.14. The minimum absolute atomic E-state index is 0.686. The molecule has 0 bridgehead atoms. The second kappa shape index (κ2) is 7.46. The third-order valence-electron chi connectivity index (χ3n) is 4.61. The zero-order chi connectivity index (χ0) is 18.6. The largest absolute Gasteiger partial charge is 0.378 e. The Kier molecular flexibility index (Phi) is 4.71. The SMILES string of the molecule is CN(C)c1ccc(-c2c(-c3ccccc3)nnn2Cc2ccccc2)cc1. The monoisotopic (exact) mass is 354 g/mol. The molecule has 0 spiro atoms. The number of aromatic nitrogens is 3. The van der Waals surface area contributed by atoms with Gasteiger partial charge in [0.15, 0.2) is 0 Å². The first-order valence-electron chi connectivity index (χ1n) is 9.03. The minimum atomic E-state index is 0.686. The summed E-state index contributed by atoms with van der Waals surface area (Å²) in [7, 11) is 4.09. The van der Waals surface area contributed by atoms with Crippen molar-refractivity contribution in [3.63, 3.8) is 0 Å². The molecule has 0 N–H and O–H groups in total. The average molecular weight is 354 g/mol. The Bertz CT molecular complexity index is 1000. The van der Waals surface area contributed by atoms with E-state index in [1.54, 1.807) is 0 Å². The minimum Gasteiger partial charge on any atom is -0.378 e. The molecule has 0 saturated heterocycles. The summed E-state index contributed by atoms with van der Waals surface area (Å²) in [6, 6.07) is 29.1. The summed E-state index contributed by atoms with van der Waals surface area (Å²) >= 11 is 0. The molecule has 1 aromatic heterocycles. The molecular weight excluding hydrogens is 332 g/mol. The highest BCUT2D eigenvalue weighted by Gasteiger charge is 2.17. The lowest BCUT2D eigenvalue weighted by molar-refractivity contribution is 0.656. The van der Waals surface area contributed by atoms with Crippen molar-refractivity contribution in [3.8, 4) is 22.5 Å². The third kappa shape index (κ3) is 3.60. The summed E-state index contributed by atoms with van der Waals surface area (Å²) < 4.78 is 1.99. The van der Waals surface area contributed by atoms with Crippen molar-refractivity contribution in [1.82, 2.24) is 15.0 Å². The summed E-state index contributed by atoms with van der Waals surface area (Å²) in [6.45, 7) is 0.686. The summed E-state index contributed by atoms with van der Waals surface area (Å²) in [6.07, 6.45) is 0. The number of rotatable bonds is 5. The van der Waals surface area contributed by atoms with Crippen molar-refractivity contribution in [1.29, 1.82) is 0 Å². The number of anilines is 1. The lowest BCUT2D eigenvalue weighted by atomic mass is 10.0. The van der Waals surface area contributed by atoms with E-state index in [0.717, 1.165) is 22.5 Å². The van der Waals surface area contributed by atoms with Gasteiger partial charge in [-0.25, -0.2) is 4.68 Å². The van der Waals surface area contributed by atoms with Gasteiger partial charge in [-0.3, -0.25) is 0 Å². The molecule has 0 saturated carbocycles. The summed E-state index contributed by atoms with van der Waals surface area (Å²) in [4.78, 5) is 2.10. The number of hydrogen-bond acceptors (Lipinski definition) is 3. The van der Waals surface area contributed by atoms with Crippen LogP contribution in [0.15, 0.2) is 84.9 Å². The highest BCUT2D eigenvalue weighted by Crippen LogP contribution is 2.31. The van der Waals surface area contributed by atoms with Crippen molar-refractivity contribution < 1.29 is 0 Å². The first-order valence-corrected chi connectivity index (χ1v) is 9.03. The van der Waals surface area contributed by atoms with Crippen LogP contribution in [0.25, 0.3) is 22.5 Å². The second-order valence-corrected chi connectivity index (χ2v) is 6.74. The maximum Gasteiger partial charge on any atom is 0.121 e. The van der Waals surface area contributed by atoms with E-state index in [0.29, 0.717) is 6.54 Å². The summed E-state index contributed by atoms with van der Waals surface area (Å²) in [5.41, 5.74) is 6.50. The van der Waals surface area contributed by atoms with E-state index >= 15 is 0 Å². The Morgan fingerprint density at radius 1 is 0.741 bits per heavy atom. The molecule has 4 heteroatoms. The molecule has 0 aliphatic rings. The first-order chi connectivity index (χ1) is 13.2. The van der Waals surface area contributed by atoms with Crippen LogP contribution < -0.4 is 4.90 Å². The Morgan fingerprint density at radius 3 is 2.00 bits per heavy atom. The van der Waals surface area contributed by atoms with Crippen LogP contribution in [-0.4, -0.2) is 29.1 Å². The van der Waals surface area contributed by atoms with E-state index in [4.69, 9.17) is 0 Å². The molecule has 0 amide bonds. The van der Waals surface area contributed by atoms with E-state index in [2.05, 4.69) is 75.9 Å². The maximum atomic E-state index is 4.52. The van der Waals surface area contributed by atoms with Crippen LogP contribution in [-0.2, 0) is 6.54 Å². The molecular formula is C23H22N4. The molecule has 0 aliphatic heterocycles. The van der Waals surface area contributed by atoms with E-state index in [1.807, 2.05) is 43.0 Å². The fourth-order valence-corrected chi connectivity index (χ4v) is 3.17. The van der Waals surface area contributed by atoms with Gasteiger partial charge in [0.25, 0.3) is 0 Å². The fraction of sp³-hybridized carbons (Fsp3) is 0.130. The molecule has 0 radical (unpaired) electrons. The van der Waals surface area contributed by atoms with E-state index in [1.165, 1.54) is 11.3 Å². The van der Waals surface area contributed by atoms with Gasteiger partial charge in [0.2, 0.25) is 0 Å². The first kappa shape index (κ1) is 17.0. The molecule has 4 aromatic rings. The van der Waals surface area contributed by atoms with E-state index in [-0.39, 0.29) is 0 Å². The predicted octanol–water partition coefficient (Wildman–Crippen LogP) is 4.73. The Hall–Kier alpha value is -3.40. The topological polar surface area (TPSA) is 34.0 Å². The molecule has 1 heterocycles. The maximum absolute atomic E-state index is 4.52. The standard InChI is InChI=1S/C23H22N4/c1-26(2)21-15-13-20(14-16-21)23-22(19-11-7-4-8-12-19)24-25-27(23)17-18-9-5-3-6-10-18/h3-16H,17H2,1-2H3. The van der Waals surface area contributed by atoms with Gasteiger partial charge in [-0.05, 0) is 17.7 Å². The van der Waals surface area contributed by atoms with Crippen molar-refractivity contribution in [2.24, 2.45) is 0 Å². The highest BCUT2D eigenvalue weighted by molar-refractivity contribution is 5.78. The van der Waals surface area contributed by atoms with Crippen LogP contribution in [0, 0.1) is 0 Å². The van der Waals surface area contributed by atoms with Crippen molar-refractivity contribution in [2.45, 2.75) is 6.54 Å². The molecule has 4 nitrogen and oxygen atoms in total. The third-order valence-corrected chi connectivity index (χ3v) is 4.61. The van der Waals surface area contributed by atoms with Crippen molar-refractivity contribution in [2.75, 3.05) is 19.0 Å². The van der Waals surface area contributed by atoms with Crippen LogP contribution in [0.2, 0.25) is 0 Å². The van der Waals surface area contributed by atoms with Crippen LogP contribution >= 0.6 is 0 Å². The Balaban J connectivity index is 1.81. The second-order valence-electron chi connectivity index (χ2n) is 6.74. The van der Waals surface area contributed by atoms with E-state index in [9.17, 15) is 0 Å². The Morgan fingerprint density at radius 2 is 1.37 bits per heavy atom. The van der Waals surface area contributed by atoms with Gasteiger partial charge in [-0.1, -0.05) is 78.0 Å². The molecule has 3 aromatic carbocycles. The smallest absolute Gasteiger partial charge is 0.121 e. The van der Waals surface area contributed by atoms with Gasteiger partial charge in [-0.2, -0.15) is 0 Å². The quantitative estimate of drug-likeness (QED) is 0.520. The van der Waals surface area contributed by atoms with Gasteiger partial charge < -0.3 is 4.90 Å². The van der Waals surface area contributed by atoms with E-state index < -0.39 is 0 Å². The van der Waals surface area contributed by atoms with Crippen LogP contribution in [0.5, 0.6) is 0 Å². The average Bonchev–Trinajstić information content (AvgIpc) is 3.13. The van der Waals surface area contributed by atoms with Crippen molar-refractivity contribution in [3.05, 3.63) is 90.5 Å². The summed E-state index contributed by atoms with van der Waals surface area (Å²) in [5, 5.41) is 9.00. The van der Waals surface area contributed by atoms with Crippen molar-refractivity contribution >= 4 is 5.69 Å².